The summed E-state index contributed by atoms with van der Waals surface area (Å²) in [6.07, 6.45) is 2.93. The zero-order chi connectivity index (χ0) is 10.5. The molecule has 0 amide bonds. The van der Waals surface area contributed by atoms with E-state index in [9.17, 15) is 4.39 Å². The number of halogens is 1. The van der Waals surface area contributed by atoms with Gasteiger partial charge in [0, 0.05) is 5.39 Å². The highest BCUT2D eigenvalue weighted by atomic mass is 19.1. The Morgan fingerprint density at radius 2 is 2.27 bits per heavy atom. The third-order valence-electron chi connectivity index (χ3n) is 2.73. The molecule has 4 nitrogen and oxygen atoms in total. The molecule has 0 spiro atoms. The lowest BCUT2D eigenvalue weighted by Crippen LogP contribution is -2.13. The summed E-state index contributed by atoms with van der Waals surface area (Å²) in [4.78, 5) is 4.16. The van der Waals surface area contributed by atoms with Crippen LogP contribution in [0.4, 0.5) is 10.2 Å². The van der Waals surface area contributed by atoms with Crippen molar-refractivity contribution in [3.05, 3.63) is 18.3 Å². The molecule has 2 aromatic rings. The van der Waals surface area contributed by atoms with Gasteiger partial charge < -0.3 is 5.73 Å². The fourth-order valence-electron chi connectivity index (χ4n) is 1.65. The smallest absolute Gasteiger partial charge is 0.160 e. The molecule has 1 aliphatic rings. The van der Waals surface area contributed by atoms with Crippen molar-refractivity contribution in [3.63, 3.8) is 0 Å². The van der Waals surface area contributed by atoms with E-state index in [1.807, 2.05) is 6.07 Å². The molecule has 0 aliphatic heterocycles. The van der Waals surface area contributed by atoms with Crippen LogP contribution in [-0.2, 0) is 6.54 Å². The maximum absolute atomic E-state index is 13.6. The fraction of sp³-hybridized carbons (Fsp3) is 0.400. The van der Waals surface area contributed by atoms with Gasteiger partial charge in [-0.25, -0.2) is 14.1 Å². The molecule has 0 unspecified atom stereocenters. The predicted octanol–water partition coefficient (Wildman–Crippen LogP) is 1.52. The maximum atomic E-state index is 13.6. The number of anilines is 1. The Morgan fingerprint density at radius 1 is 1.47 bits per heavy atom. The number of alkyl halides is 1. The molecule has 3 rings (SSSR count). The van der Waals surface area contributed by atoms with Crippen molar-refractivity contribution in [2.75, 3.05) is 5.73 Å². The minimum absolute atomic E-state index is 0.285. The van der Waals surface area contributed by atoms with Gasteiger partial charge in [0.2, 0.25) is 0 Å². The number of aromatic nitrogens is 3. The number of nitrogens with two attached hydrogens (primary N) is 1. The summed E-state index contributed by atoms with van der Waals surface area (Å²) in [6.45, 7) is 0.285. The van der Waals surface area contributed by atoms with E-state index >= 15 is 0 Å². The minimum atomic E-state index is -1.06. The Bertz CT molecular complexity index is 515. The number of fused-ring (bicyclic) bond motifs is 1. The molecule has 5 heteroatoms. The van der Waals surface area contributed by atoms with Crippen LogP contribution in [0.25, 0.3) is 11.0 Å². The van der Waals surface area contributed by atoms with Gasteiger partial charge >= 0.3 is 0 Å². The van der Waals surface area contributed by atoms with E-state index in [4.69, 9.17) is 5.73 Å². The fourth-order valence-corrected chi connectivity index (χ4v) is 1.65. The van der Waals surface area contributed by atoms with Crippen LogP contribution in [-0.4, -0.2) is 20.4 Å². The van der Waals surface area contributed by atoms with Gasteiger partial charge in [-0.05, 0) is 25.0 Å². The van der Waals surface area contributed by atoms with Crippen molar-refractivity contribution in [1.29, 1.82) is 0 Å². The first-order valence-corrected chi connectivity index (χ1v) is 4.93. The van der Waals surface area contributed by atoms with E-state index < -0.39 is 5.67 Å². The Hall–Kier alpha value is -1.65. The molecular formula is C10H11FN4. The van der Waals surface area contributed by atoms with Crippen LogP contribution in [0.1, 0.15) is 12.8 Å². The highest BCUT2D eigenvalue weighted by molar-refractivity contribution is 5.76. The highest BCUT2D eigenvalue weighted by Gasteiger charge is 2.44. The van der Waals surface area contributed by atoms with Crippen molar-refractivity contribution in [2.24, 2.45) is 0 Å². The van der Waals surface area contributed by atoms with Gasteiger partial charge in [0.1, 0.15) is 11.5 Å². The first-order chi connectivity index (χ1) is 7.16. The first kappa shape index (κ1) is 8.64. The molecule has 0 bridgehead atoms. The molecule has 0 aromatic carbocycles. The average Bonchev–Trinajstić information content (AvgIpc) is 2.80. The monoisotopic (exact) mass is 206 g/mol. The molecule has 1 saturated carbocycles. The Morgan fingerprint density at radius 3 is 3.00 bits per heavy atom. The molecule has 2 heterocycles. The van der Waals surface area contributed by atoms with Gasteiger partial charge in [-0.15, -0.1) is 0 Å². The summed E-state index contributed by atoms with van der Waals surface area (Å²) >= 11 is 0. The molecular weight excluding hydrogens is 195 g/mol. The summed E-state index contributed by atoms with van der Waals surface area (Å²) in [6, 6.07) is 3.57. The van der Waals surface area contributed by atoms with Gasteiger partial charge in [0.05, 0.1) is 12.7 Å². The molecule has 2 aromatic heterocycles. The maximum Gasteiger partial charge on any atom is 0.160 e. The Balaban J connectivity index is 2.06. The van der Waals surface area contributed by atoms with Gasteiger partial charge in [0.15, 0.2) is 5.65 Å². The van der Waals surface area contributed by atoms with E-state index in [0.29, 0.717) is 24.3 Å². The zero-order valence-corrected chi connectivity index (χ0v) is 8.15. The highest BCUT2D eigenvalue weighted by Crippen LogP contribution is 2.41. The topological polar surface area (TPSA) is 56.7 Å². The van der Waals surface area contributed by atoms with Gasteiger partial charge in [-0.2, -0.15) is 5.10 Å². The van der Waals surface area contributed by atoms with Crippen molar-refractivity contribution in [2.45, 2.75) is 25.1 Å². The van der Waals surface area contributed by atoms with Gasteiger partial charge in [0.25, 0.3) is 0 Å². The molecule has 1 aliphatic carbocycles. The van der Waals surface area contributed by atoms with Crippen LogP contribution in [0, 0.1) is 0 Å². The molecule has 1 fully saturated rings. The largest absolute Gasteiger partial charge is 0.384 e. The van der Waals surface area contributed by atoms with Crippen LogP contribution in [0.3, 0.4) is 0 Å². The van der Waals surface area contributed by atoms with E-state index in [0.717, 1.165) is 5.39 Å². The van der Waals surface area contributed by atoms with Crippen molar-refractivity contribution >= 4 is 16.9 Å². The van der Waals surface area contributed by atoms with Crippen LogP contribution < -0.4 is 5.73 Å². The molecule has 2 N–H and O–H groups in total. The number of nitrogens with zero attached hydrogens (tertiary/aromatic N) is 3. The van der Waals surface area contributed by atoms with Gasteiger partial charge in [-0.1, -0.05) is 0 Å². The van der Waals surface area contributed by atoms with Crippen LogP contribution in [0.2, 0.25) is 0 Å². The van der Waals surface area contributed by atoms with Crippen molar-refractivity contribution in [3.8, 4) is 0 Å². The van der Waals surface area contributed by atoms with E-state index in [1.165, 1.54) is 0 Å². The molecule has 0 saturated heterocycles. The van der Waals surface area contributed by atoms with Crippen molar-refractivity contribution < 1.29 is 4.39 Å². The second-order valence-corrected chi connectivity index (χ2v) is 4.10. The van der Waals surface area contributed by atoms with Crippen molar-refractivity contribution in [1.82, 2.24) is 14.8 Å². The van der Waals surface area contributed by atoms with Crippen LogP contribution >= 0.6 is 0 Å². The lowest BCUT2D eigenvalue weighted by Gasteiger charge is -2.05. The molecule has 78 valence electrons. The van der Waals surface area contributed by atoms with E-state index in [2.05, 4.69) is 10.1 Å². The number of rotatable bonds is 2. The lowest BCUT2D eigenvalue weighted by atomic mass is 10.3. The third kappa shape index (κ3) is 1.44. The summed E-state index contributed by atoms with van der Waals surface area (Å²) in [5.41, 5.74) is 5.19. The van der Waals surface area contributed by atoms with Crippen LogP contribution in [0.15, 0.2) is 18.3 Å². The predicted molar refractivity (Wildman–Crippen MR) is 55.0 cm³/mol. The molecule has 15 heavy (non-hydrogen) atoms. The lowest BCUT2D eigenvalue weighted by molar-refractivity contribution is 0.264. The second-order valence-electron chi connectivity index (χ2n) is 4.10. The van der Waals surface area contributed by atoms with Gasteiger partial charge in [-0.3, -0.25) is 0 Å². The number of nitrogen functional groups attached to an aromatic ring is 1. The molecule has 0 radical (unpaired) electrons. The average molecular weight is 206 g/mol. The summed E-state index contributed by atoms with van der Waals surface area (Å²) in [5, 5.41) is 5.02. The van der Waals surface area contributed by atoms with Crippen LogP contribution in [0.5, 0.6) is 0 Å². The minimum Gasteiger partial charge on any atom is -0.384 e. The Labute approximate surface area is 85.9 Å². The standard InChI is InChI=1S/C10H11FN4/c11-10(3-4-10)6-15-9-7(5-13-15)1-2-8(12)14-9/h1-2,5H,3-4,6H2,(H2,12,14). The normalized spacial score (nSPS) is 18.2. The van der Waals surface area contributed by atoms with E-state index in [-0.39, 0.29) is 6.54 Å². The SMILES string of the molecule is Nc1ccc2cnn(CC3(F)CC3)c2n1. The number of hydrogen-bond donors (Lipinski definition) is 1. The summed E-state index contributed by atoms with van der Waals surface area (Å²) in [5.74, 6) is 0.438. The molecule has 0 atom stereocenters. The summed E-state index contributed by atoms with van der Waals surface area (Å²) < 4.78 is 15.2. The van der Waals surface area contributed by atoms with E-state index in [1.54, 1.807) is 16.9 Å². The Kier molecular flexibility index (Phi) is 1.55. The zero-order valence-electron chi connectivity index (χ0n) is 8.15. The summed E-state index contributed by atoms with van der Waals surface area (Å²) in [7, 11) is 0. The third-order valence-corrected chi connectivity index (χ3v) is 2.73. The number of hydrogen-bond acceptors (Lipinski definition) is 3. The quantitative estimate of drug-likeness (QED) is 0.810. The number of pyridine rings is 1. The first-order valence-electron chi connectivity index (χ1n) is 4.93. The second kappa shape index (κ2) is 2.68.